The zero-order valence-electron chi connectivity index (χ0n) is 19.8. The normalized spacial score (nSPS) is 12.5. The van der Waals surface area contributed by atoms with Crippen molar-refractivity contribution in [3.63, 3.8) is 0 Å². The Morgan fingerprint density at radius 2 is 0.568 bits per heavy atom. The van der Waals surface area contributed by atoms with Crippen LogP contribution < -0.4 is 15.3 Å². The summed E-state index contributed by atoms with van der Waals surface area (Å²) in [5, 5.41) is 35.7. The fourth-order valence-corrected chi connectivity index (χ4v) is 1.72. The van der Waals surface area contributed by atoms with Gasteiger partial charge in [-0.15, -0.1) is 0 Å². The molecule has 0 saturated carbocycles. The fourth-order valence-electron chi connectivity index (χ4n) is 1.72. The molecule has 0 spiro atoms. The third-order valence-electron chi connectivity index (χ3n) is 3.36. The molecule has 0 aliphatic rings. The molecule has 0 unspecified atom stereocenters. The van der Waals surface area contributed by atoms with Crippen LogP contribution in [0.1, 0.15) is 34.2 Å². The van der Waals surface area contributed by atoms with Crippen LogP contribution in [0.3, 0.4) is 0 Å². The van der Waals surface area contributed by atoms with Crippen LogP contribution in [0.2, 0.25) is 0 Å². The van der Waals surface area contributed by atoms with Crippen molar-refractivity contribution in [1.29, 1.82) is 0 Å². The van der Waals surface area contributed by atoms with Crippen LogP contribution in [0.5, 0.6) is 0 Å². The summed E-state index contributed by atoms with van der Waals surface area (Å²) in [5.41, 5.74) is -9.83. The van der Waals surface area contributed by atoms with Crippen LogP contribution in [-0.4, -0.2) is 37.7 Å². The molecule has 0 atom stereocenters. The number of rotatable bonds is 0. The van der Waals surface area contributed by atoms with Gasteiger partial charge in [0, 0.05) is 0 Å². The van der Waals surface area contributed by atoms with Gasteiger partial charge in [-0.25, -0.2) is 0 Å². The number of aromatic nitrogens is 6. The number of nitrogens with zero attached hydrogens (tertiary/aromatic N) is 6. The van der Waals surface area contributed by atoms with E-state index in [1.165, 1.54) is 0 Å². The molecule has 0 fully saturated rings. The average Bonchev–Trinajstić information content (AvgIpc) is 3.52. The molecule has 3 aromatic rings. The van der Waals surface area contributed by atoms with Crippen molar-refractivity contribution in [2.75, 3.05) is 0 Å². The first kappa shape index (κ1) is 43.1. The summed E-state index contributed by atoms with van der Waals surface area (Å²) in [6.45, 7) is 0. The number of hydrogen-bond acceptors (Lipinski definition) is 6. The van der Waals surface area contributed by atoms with Gasteiger partial charge in [0.2, 0.25) is 0 Å². The van der Waals surface area contributed by atoms with E-state index in [4.69, 9.17) is 15.1 Å². The van der Waals surface area contributed by atoms with Crippen LogP contribution in [0, 0.1) is 0 Å². The van der Waals surface area contributed by atoms with Crippen molar-refractivity contribution in [2.24, 2.45) is 0 Å². The predicted octanol–water partition coefficient (Wildman–Crippen LogP) is 4.17. The van der Waals surface area contributed by atoms with E-state index in [1.54, 1.807) is 0 Å². The second kappa shape index (κ2) is 15.3. The molecule has 44 heavy (non-hydrogen) atoms. The van der Waals surface area contributed by atoms with Gasteiger partial charge in [-0.2, -0.15) is 79.0 Å². The third kappa shape index (κ3) is 15.6. The van der Waals surface area contributed by atoms with Gasteiger partial charge in [0.15, 0.2) is 0 Å². The van der Waals surface area contributed by atoms with Gasteiger partial charge >= 0.3 is 63.9 Å². The van der Waals surface area contributed by atoms with Gasteiger partial charge in [-0.05, 0) is 35.3 Å². The molecule has 0 bridgehead atoms. The molecule has 3 heterocycles. The quantitative estimate of drug-likeness (QED) is 0.229. The Bertz CT molecular complexity index is 1020. The topological polar surface area (TPSA) is 142 Å². The minimum absolute atomic E-state index is 0. The van der Waals surface area contributed by atoms with E-state index < -0.39 is 78.5 Å². The minimum Gasteiger partial charge on any atom is -0.571 e. The standard InChI is InChI=1S/3C5HF6N2.BH3O3.Zn/c3*6-4(7,8)2-1-3(13-12-2)5(9,10)11;2-1(3)4;/h3*1H;2-4H;/q3*-1;;+2. The van der Waals surface area contributed by atoms with Crippen molar-refractivity contribution in [1.82, 2.24) is 30.6 Å². The smallest absolute Gasteiger partial charge is 0.571 e. The molecule has 0 aromatic carbocycles. The molecule has 0 saturated heterocycles. The first-order chi connectivity index (χ1) is 18.9. The van der Waals surface area contributed by atoms with Gasteiger partial charge in [-0.1, -0.05) is 0 Å². The molecular formula is C15H6BF18N6O3Zn-. The third-order valence-corrected chi connectivity index (χ3v) is 3.36. The average molecular weight is 736 g/mol. The molecule has 3 aromatic heterocycles. The van der Waals surface area contributed by atoms with Crippen molar-refractivity contribution in [3.05, 3.63) is 52.4 Å². The number of alkyl halides is 18. The van der Waals surface area contributed by atoms with E-state index in [9.17, 15) is 79.0 Å². The second-order valence-corrected chi connectivity index (χ2v) is 6.68. The molecule has 0 aliphatic heterocycles. The van der Waals surface area contributed by atoms with Crippen LogP contribution in [0.25, 0.3) is 0 Å². The first-order valence-electron chi connectivity index (χ1n) is 9.35. The molecule has 3 N–H and O–H groups in total. The Hall–Kier alpha value is -3.06. The van der Waals surface area contributed by atoms with Crippen molar-refractivity contribution in [2.45, 2.75) is 37.1 Å². The van der Waals surface area contributed by atoms with Crippen molar-refractivity contribution in [3.8, 4) is 0 Å². The first-order valence-corrected chi connectivity index (χ1v) is 9.35. The van der Waals surface area contributed by atoms with E-state index in [2.05, 4.69) is 30.6 Å². The summed E-state index contributed by atoms with van der Waals surface area (Å²) in [6, 6.07) is -0.417. The number of halogens is 18. The Balaban J connectivity index is 0. The zero-order chi connectivity index (χ0) is 34.4. The molecule has 9 nitrogen and oxygen atoms in total. The van der Waals surface area contributed by atoms with E-state index in [0.29, 0.717) is 0 Å². The number of hydrogen-bond donors (Lipinski definition) is 3. The molecular weight excluding hydrogens is 730 g/mol. The van der Waals surface area contributed by atoms with Gasteiger partial charge < -0.3 is 45.7 Å². The molecule has 3 rings (SSSR count). The van der Waals surface area contributed by atoms with E-state index in [0.717, 1.165) is 0 Å². The summed E-state index contributed by atoms with van der Waals surface area (Å²) >= 11 is 0. The van der Waals surface area contributed by atoms with Gasteiger partial charge in [0.05, 0.1) is 0 Å². The predicted molar refractivity (Wildman–Crippen MR) is 95.1 cm³/mol. The Morgan fingerprint density at radius 1 is 0.409 bits per heavy atom. The van der Waals surface area contributed by atoms with Gasteiger partial charge in [0.1, 0.15) is 17.1 Å². The summed E-state index contributed by atoms with van der Waals surface area (Å²) in [4.78, 5) is 0. The van der Waals surface area contributed by atoms with E-state index in [1.807, 2.05) is 0 Å². The second-order valence-electron chi connectivity index (χ2n) is 6.68. The summed E-state index contributed by atoms with van der Waals surface area (Å²) in [7, 11) is -2.17. The Kier molecular flexibility index (Phi) is 15.0. The Labute approximate surface area is 241 Å². The molecule has 0 aliphatic carbocycles. The molecule has 0 radical (unpaired) electrons. The fraction of sp³-hybridized carbons (Fsp3) is 0.400. The van der Waals surface area contributed by atoms with Gasteiger partial charge in [0.25, 0.3) is 0 Å². The van der Waals surface area contributed by atoms with E-state index in [-0.39, 0.29) is 37.7 Å². The summed E-state index contributed by atoms with van der Waals surface area (Å²) in [5.74, 6) is 0. The van der Waals surface area contributed by atoms with Crippen LogP contribution in [-0.2, 0) is 56.5 Å². The Morgan fingerprint density at radius 3 is 0.636 bits per heavy atom. The van der Waals surface area contributed by atoms with Crippen LogP contribution in [0.15, 0.2) is 18.2 Å². The molecule has 246 valence electrons. The van der Waals surface area contributed by atoms with Crippen LogP contribution in [0.4, 0.5) is 79.0 Å². The molecule has 29 heteroatoms. The molecule has 0 amide bonds. The monoisotopic (exact) mass is 735 g/mol. The summed E-state index contributed by atoms with van der Waals surface area (Å²) < 4.78 is 211. The summed E-state index contributed by atoms with van der Waals surface area (Å²) in [6.07, 6.45) is -29.4. The van der Waals surface area contributed by atoms with E-state index >= 15 is 0 Å². The largest absolute Gasteiger partial charge is 2.00 e. The van der Waals surface area contributed by atoms with Crippen molar-refractivity contribution >= 4 is 7.32 Å². The maximum absolute atomic E-state index is 11.7. The minimum atomic E-state index is -4.89. The zero-order valence-corrected chi connectivity index (χ0v) is 22.8. The van der Waals surface area contributed by atoms with Crippen molar-refractivity contribution < 1.29 is 114 Å². The van der Waals surface area contributed by atoms with Crippen LogP contribution >= 0.6 is 0 Å². The maximum Gasteiger partial charge on any atom is 2.00 e. The van der Waals surface area contributed by atoms with Gasteiger partial charge in [-0.3, -0.25) is 0 Å². The SMILES string of the molecule is FC(F)(F)c1cc(C(F)(F)F)[n-]n1.FC(F)(F)c1cc(C(F)(F)F)[n-]n1.FC(F)(F)c1cc(C(F)(F)F)[n-]n1.OB(O)O.[Zn+2]. The maximum atomic E-state index is 11.7.